The zero-order chi connectivity index (χ0) is 6.97. The van der Waals surface area contributed by atoms with E-state index in [1.165, 1.54) is 11.3 Å². The third kappa shape index (κ3) is 0.764. The molecule has 52 valence electrons. The summed E-state index contributed by atoms with van der Waals surface area (Å²) >= 11 is 0. The van der Waals surface area contributed by atoms with Gasteiger partial charge in [-0.3, -0.25) is 4.99 Å². The second-order valence-corrected chi connectivity index (χ2v) is 2.75. The zero-order valence-electron chi connectivity index (χ0n) is 5.96. The highest BCUT2D eigenvalue weighted by molar-refractivity contribution is 5.80. The van der Waals surface area contributed by atoms with Gasteiger partial charge in [0.1, 0.15) is 0 Å². The number of fused-ring (bicyclic) bond motifs is 1. The number of rotatable bonds is 0. The van der Waals surface area contributed by atoms with E-state index in [-0.39, 0.29) is 0 Å². The molecule has 1 aliphatic rings. The summed E-state index contributed by atoms with van der Waals surface area (Å²) in [6, 6.07) is 2.58. The van der Waals surface area contributed by atoms with Crippen LogP contribution in [0.3, 0.4) is 0 Å². The van der Waals surface area contributed by atoms with Crippen molar-refractivity contribution in [1.29, 1.82) is 0 Å². The van der Waals surface area contributed by atoms with Crippen molar-refractivity contribution < 1.29 is 0 Å². The molecule has 0 bridgehead atoms. The summed E-state index contributed by atoms with van der Waals surface area (Å²) in [7, 11) is 0. The van der Waals surface area contributed by atoms with Gasteiger partial charge in [-0.05, 0) is 25.0 Å². The van der Waals surface area contributed by atoms with Gasteiger partial charge in [-0.15, -0.1) is 0 Å². The van der Waals surface area contributed by atoms with Crippen LogP contribution in [0.15, 0.2) is 17.3 Å². The Labute approximate surface area is 60.0 Å². The Morgan fingerprint density at radius 1 is 1.70 bits per heavy atom. The van der Waals surface area contributed by atoms with Crippen LogP contribution in [-0.4, -0.2) is 17.2 Å². The van der Waals surface area contributed by atoms with E-state index >= 15 is 0 Å². The summed E-state index contributed by atoms with van der Waals surface area (Å²) < 4.78 is 0. The molecule has 0 saturated heterocycles. The van der Waals surface area contributed by atoms with E-state index in [4.69, 9.17) is 0 Å². The summed E-state index contributed by atoms with van der Waals surface area (Å²) in [6.45, 7) is 2.13. The predicted octanol–water partition coefficient (Wildman–Crippen LogP) is 1.38. The van der Waals surface area contributed by atoms with Gasteiger partial charge >= 0.3 is 0 Å². The number of H-pyrrole nitrogens is 1. The minimum atomic E-state index is 0.461. The van der Waals surface area contributed by atoms with E-state index in [2.05, 4.69) is 23.0 Å². The maximum atomic E-state index is 4.29. The number of aliphatic imine (C=N–C) groups is 1. The second-order valence-electron chi connectivity index (χ2n) is 2.75. The first-order chi connectivity index (χ1) is 4.86. The summed E-state index contributed by atoms with van der Waals surface area (Å²) in [4.78, 5) is 7.42. The quantitative estimate of drug-likeness (QED) is 0.555. The first-order valence-corrected chi connectivity index (χ1v) is 3.55. The normalized spacial score (nSPS) is 22.7. The molecule has 1 atom stereocenters. The topological polar surface area (TPSA) is 28.1 Å². The summed E-state index contributed by atoms with van der Waals surface area (Å²) in [5.74, 6) is 0. The molecule has 2 heteroatoms. The standard InChI is InChI=1S/C8H10N2/c1-6-4-7-2-3-9-8(7)5-10-6/h2-3,5-6,9H,4H2,1H3. The van der Waals surface area contributed by atoms with Crippen molar-refractivity contribution in [3.63, 3.8) is 0 Å². The fourth-order valence-corrected chi connectivity index (χ4v) is 1.29. The second kappa shape index (κ2) is 1.97. The van der Waals surface area contributed by atoms with Gasteiger partial charge in [-0.2, -0.15) is 0 Å². The van der Waals surface area contributed by atoms with Gasteiger partial charge in [0.05, 0.1) is 11.7 Å². The van der Waals surface area contributed by atoms with Crippen molar-refractivity contribution >= 4 is 6.21 Å². The first kappa shape index (κ1) is 5.71. The van der Waals surface area contributed by atoms with Crippen LogP contribution in [0.2, 0.25) is 0 Å². The van der Waals surface area contributed by atoms with E-state index < -0.39 is 0 Å². The van der Waals surface area contributed by atoms with Crippen molar-refractivity contribution in [2.24, 2.45) is 4.99 Å². The van der Waals surface area contributed by atoms with Crippen LogP contribution >= 0.6 is 0 Å². The van der Waals surface area contributed by atoms with Gasteiger partial charge in [-0.25, -0.2) is 0 Å². The highest BCUT2D eigenvalue weighted by Crippen LogP contribution is 2.13. The Hall–Kier alpha value is -1.05. The Kier molecular flexibility index (Phi) is 1.13. The molecule has 2 heterocycles. The van der Waals surface area contributed by atoms with Gasteiger partial charge in [0.2, 0.25) is 0 Å². The average Bonchev–Trinajstić information content (AvgIpc) is 2.33. The van der Waals surface area contributed by atoms with Gasteiger partial charge in [0.15, 0.2) is 0 Å². The summed E-state index contributed by atoms with van der Waals surface area (Å²) in [6.07, 6.45) is 4.97. The first-order valence-electron chi connectivity index (χ1n) is 3.55. The van der Waals surface area contributed by atoms with Crippen LogP contribution in [0.1, 0.15) is 18.2 Å². The molecule has 2 nitrogen and oxygen atoms in total. The van der Waals surface area contributed by atoms with Crippen molar-refractivity contribution in [3.8, 4) is 0 Å². The molecule has 0 aliphatic carbocycles. The molecule has 1 aromatic heterocycles. The zero-order valence-corrected chi connectivity index (χ0v) is 5.96. The minimum Gasteiger partial charge on any atom is -0.360 e. The average molecular weight is 134 g/mol. The molecule has 1 aromatic rings. The lowest BCUT2D eigenvalue weighted by molar-refractivity contribution is 0.732. The van der Waals surface area contributed by atoms with Crippen molar-refractivity contribution in [2.75, 3.05) is 0 Å². The molecule has 0 amide bonds. The molecule has 0 saturated carbocycles. The number of hydrogen-bond acceptors (Lipinski definition) is 1. The van der Waals surface area contributed by atoms with Gasteiger partial charge in [0.25, 0.3) is 0 Å². The SMILES string of the molecule is CC1Cc2cc[nH]c2C=N1. The van der Waals surface area contributed by atoms with Crippen LogP contribution in [0.5, 0.6) is 0 Å². The van der Waals surface area contributed by atoms with E-state index in [9.17, 15) is 0 Å². The highest BCUT2D eigenvalue weighted by atomic mass is 14.8. The van der Waals surface area contributed by atoms with Gasteiger partial charge in [-0.1, -0.05) is 0 Å². The van der Waals surface area contributed by atoms with Gasteiger partial charge < -0.3 is 4.98 Å². The molecule has 0 fully saturated rings. The lowest BCUT2D eigenvalue weighted by Gasteiger charge is -2.10. The largest absolute Gasteiger partial charge is 0.360 e. The highest BCUT2D eigenvalue weighted by Gasteiger charge is 2.10. The third-order valence-electron chi connectivity index (χ3n) is 1.84. The third-order valence-corrected chi connectivity index (χ3v) is 1.84. The predicted molar refractivity (Wildman–Crippen MR) is 41.6 cm³/mol. The minimum absolute atomic E-state index is 0.461. The maximum Gasteiger partial charge on any atom is 0.0595 e. The lowest BCUT2D eigenvalue weighted by Crippen LogP contribution is -2.09. The number of aromatic nitrogens is 1. The number of aromatic amines is 1. The van der Waals surface area contributed by atoms with Gasteiger partial charge in [0, 0.05) is 12.4 Å². The Morgan fingerprint density at radius 3 is 3.50 bits per heavy atom. The van der Waals surface area contributed by atoms with Crippen LogP contribution in [-0.2, 0) is 6.42 Å². The lowest BCUT2D eigenvalue weighted by atomic mass is 10.1. The fourth-order valence-electron chi connectivity index (χ4n) is 1.29. The molecule has 2 rings (SSSR count). The Bertz CT molecular complexity index is 260. The summed E-state index contributed by atoms with van der Waals surface area (Å²) in [5, 5.41) is 0. The monoisotopic (exact) mass is 134 g/mol. The molecule has 0 radical (unpaired) electrons. The van der Waals surface area contributed by atoms with Crippen molar-refractivity contribution in [1.82, 2.24) is 4.98 Å². The molecule has 1 aliphatic heterocycles. The van der Waals surface area contributed by atoms with Crippen LogP contribution in [0, 0.1) is 0 Å². The molecule has 1 unspecified atom stereocenters. The van der Waals surface area contributed by atoms with Crippen LogP contribution < -0.4 is 0 Å². The van der Waals surface area contributed by atoms with E-state index in [1.807, 2.05) is 12.4 Å². The van der Waals surface area contributed by atoms with Crippen LogP contribution in [0.25, 0.3) is 0 Å². The smallest absolute Gasteiger partial charge is 0.0595 e. The number of hydrogen-bond donors (Lipinski definition) is 1. The Balaban J connectivity index is 2.43. The van der Waals surface area contributed by atoms with Crippen LogP contribution in [0.4, 0.5) is 0 Å². The van der Waals surface area contributed by atoms with E-state index in [1.54, 1.807) is 0 Å². The molecule has 1 N–H and O–H groups in total. The molecule has 0 aromatic carbocycles. The number of nitrogens with one attached hydrogen (secondary N) is 1. The van der Waals surface area contributed by atoms with E-state index in [0.29, 0.717) is 6.04 Å². The number of nitrogens with zero attached hydrogens (tertiary/aromatic N) is 1. The maximum absolute atomic E-state index is 4.29. The van der Waals surface area contributed by atoms with Crippen molar-refractivity contribution in [2.45, 2.75) is 19.4 Å². The van der Waals surface area contributed by atoms with Crippen molar-refractivity contribution in [3.05, 3.63) is 23.5 Å². The molecule has 10 heavy (non-hydrogen) atoms. The van der Waals surface area contributed by atoms with E-state index in [0.717, 1.165) is 6.42 Å². The fraction of sp³-hybridized carbons (Fsp3) is 0.375. The molecular formula is C8H10N2. The Morgan fingerprint density at radius 2 is 2.60 bits per heavy atom. The molecular weight excluding hydrogens is 124 g/mol. The summed E-state index contributed by atoms with van der Waals surface area (Å²) in [5.41, 5.74) is 2.57. The molecule has 0 spiro atoms.